The van der Waals surface area contributed by atoms with Crippen molar-refractivity contribution in [1.29, 1.82) is 0 Å². The Balaban J connectivity index is 4.72. The van der Waals surface area contributed by atoms with Crippen molar-refractivity contribution in [1.82, 2.24) is 0 Å². The molecule has 2 unspecified atom stereocenters. The highest BCUT2D eigenvalue weighted by molar-refractivity contribution is 5.95. The Hall–Kier alpha value is -1.84. The smallest absolute Gasteiger partial charge is 0.235 e. The van der Waals surface area contributed by atoms with Gasteiger partial charge in [-0.2, -0.15) is 4.99 Å². The number of rotatable bonds is 7. The summed E-state index contributed by atoms with van der Waals surface area (Å²) in [6.45, 7) is 6.39. The second kappa shape index (κ2) is 6.59. The van der Waals surface area contributed by atoms with Crippen molar-refractivity contribution >= 4 is 17.6 Å². The summed E-state index contributed by atoms with van der Waals surface area (Å²) in [5, 5.41) is 9.37. The average molecular weight is 209 g/mol. The second-order valence-corrected chi connectivity index (χ2v) is 2.71. The zero-order valence-electron chi connectivity index (χ0n) is 8.05. The molecular weight excluding hydrogens is 198 g/mol. The van der Waals surface area contributed by atoms with Crippen molar-refractivity contribution in [2.75, 3.05) is 0 Å². The summed E-state index contributed by atoms with van der Waals surface area (Å²) in [5.41, 5.74) is 0. The molecule has 0 radical (unpaired) electrons. The van der Waals surface area contributed by atoms with E-state index in [0.29, 0.717) is 0 Å². The van der Waals surface area contributed by atoms with Gasteiger partial charge >= 0.3 is 0 Å². The summed E-state index contributed by atoms with van der Waals surface area (Å²) in [5.74, 6) is -1.12. The number of hydrogen-bond donors (Lipinski definition) is 1. The molecule has 0 aliphatic heterocycles. The highest BCUT2D eigenvalue weighted by atomic mass is 16.3. The number of hydrogen-bond acceptors (Lipinski definition) is 5. The van der Waals surface area contributed by atoms with Crippen molar-refractivity contribution in [3.05, 3.63) is 25.3 Å². The van der Waals surface area contributed by atoms with Crippen LogP contribution in [0.25, 0.3) is 0 Å². The summed E-state index contributed by atoms with van der Waals surface area (Å²) in [7, 11) is 0. The van der Waals surface area contributed by atoms with Crippen molar-refractivity contribution in [2.24, 2.45) is 4.99 Å². The topological polar surface area (TPSA) is 83.8 Å². The molecule has 0 aromatic carbocycles. The molecule has 0 aliphatic rings. The van der Waals surface area contributed by atoms with Gasteiger partial charge in [-0.25, -0.2) is 4.79 Å². The van der Waals surface area contributed by atoms with Gasteiger partial charge in [0.05, 0.1) is 0 Å². The number of aliphatic imine (C=N–C) groups is 1. The molecular formula is C10H11NO4. The van der Waals surface area contributed by atoms with Gasteiger partial charge in [0.15, 0.2) is 11.6 Å². The maximum atomic E-state index is 11.0. The van der Waals surface area contributed by atoms with Crippen LogP contribution in [0.15, 0.2) is 30.3 Å². The zero-order chi connectivity index (χ0) is 11.8. The van der Waals surface area contributed by atoms with Gasteiger partial charge in [0.1, 0.15) is 12.1 Å². The molecule has 0 heterocycles. The van der Waals surface area contributed by atoms with Crippen LogP contribution in [0.5, 0.6) is 0 Å². The first-order chi connectivity index (χ1) is 7.06. The van der Waals surface area contributed by atoms with Gasteiger partial charge in [-0.1, -0.05) is 13.2 Å². The third-order valence-corrected chi connectivity index (χ3v) is 1.71. The minimum atomic E-state index is -1.55. The standard InChI is InChI=1S/C10H11NO4/c1-3-7(13)5-8(11-6-12)10(15)9(14)4-2/h3-4,8,10,15H,1-2,5H2. The number of isocyanates is 1. The first kappa shape index (κ1) is 13.2. The predicted octanol–water partition coefficient (Wildman–Crippen LogP) is -0.0480. The third-order valence-electron chi connectivity index (χ3n) is 1.71. The number of carbonyl (C=O) groups excluding carboxylic acids is 3. The zero-order valence-corrected chi connectivity index (χ0v) is 8.05. The number of ketones is 2. The molecule has 0 amide bonds. The van der Waals surface area contributed by atoms with E-state index in [0.717, 1.165) is 12.2 Å². The molecule has 0 saturated heterocycles. The summed E-state index contributed by atoms with van der Waals surface area (Å²) < 4.78 is 0. The summed E-state index contributed by atoms with van der Waals surface area (Å²) in [6.07, 6.45) is 1.31. The fourth-order valence-electron chi connectivity index (χ4n) is 0.895. The molecule has 0 bridgehead atoms. The molecule has 5 nitrogen and oxygen atoms in total. The number of nitrogens with zero attached hydrogens (tertiary/aromatic N) is 1. The Morgan fingerprint density at radius 1 is 1.40 bits per heavy atom. The van der Waals surface area contributed by atoms with Crippen LogP contribution < -0.4 is 0 Å². The van der Waals surface area contributed by atoms with Crippen LogP contribution >= 0.6 is 0 Å². The van der Waals surface area contributed by atoms with E-state index in [1.165, 1.54) is 6.08 Å². The van der Waals surface area contributed by atoms with E-state index in [1.54, 1.807) is 0 Å². The molecule has 0 aromatic rings. The third kappa shape index (κ3) is 4.26. The van der Waals surface area contributed by atoms with E-state index in [-0.39, 0.29) is 6.42 Å². The molecule has 80 valence electrons. The van der Waals surface area contributed by atoms with Crippen LogP contribution in [0.3, 0.4) is 0 Å². The quantitative estimate of drug-likeness (QED) is 0.362. The molecule has 0 aliphatic carbocycles. The van der Waals surface area contributed by atoms with E-state index < -0.39 is 23.7 Å². The SMILES string of the molecule is C=CC(=O)CC(N=C=O)C(O)C(=O)C=C. The molecule has 2 atom stereocenters. The van der Waals surface area contributed by atoms with E-state index in [9.17, 15) is 19.5 Å². The Morgan fingerprint density at radius 2 is 2.00 bits per heavy atom. The van der Waals surface area contributed by atoms with Gasteiger partial charge in [0.25, 0.3) is 0 Å². The molecule has 0 rings (SSSR count). The molecule has 0 spiro atoms. The Bertz CT molecular complexity index is 328. The molecule has 1 N–H and O–H groups in total. The van der Waals surface area contributed by atoms with Crippen LogP contribution in [0.2, 0.25) is 0 Å². The number of carbonyl (C=O) groups is 2. The summed E-state index contributed by atoms with van der Waals surface area (Å²) in [6, 6.07) is -1.13. The van der Waals surface area contributed by atoms with Crippen molar-refractivity contribution in [3.63, 3.8) is 0 Å². The lowest BCUT2D eigenvalue weighted by molar-refractivity contribution is -0.124. The highest BCUT2D eigenvalue weighted by Gasteiger charge is 2.25. The normalized spacial score (nSPS) is 13.1. The van der Waals surface area contributed by atoms with E-state index in [1.807, 2.05) is 0 Å². The first-order valence-electron chi connectivity index (χ1n) is 4.13. The minimum Gasteiger partial charge on any atom is -0.383 e. The Labute approximate surface area is 86.8 Å². The lowest BCUT2D eigenvalue weighted by Gasteiger charge is -2.13. The van der Waals surface area contributed by atoms with Gasteiger partial charge in [0.2, 0.25) is 6.08 Å². The van der Waals surface area contributed by atoms with E-state index >= 15 is 0 Å². The molecule has 0 fully saturated rings. The van der Waals surface area contributed by atoms with Crippen LogP contribution in [0.1, 0.15) is 6.42 Å². The van der Waals surface area contributed by atoms with Crippen LogP contribution in [-0.2, 0) is 14.4 Å². The maximum absolute atomic E-state index is 11.0. The van der Waals surface area contributed by atoms with E-state index in [4.69, 9.17) is 0 Å². The Kier molecular flexibility index (Phi) is 5.78. The van der Waals surface area contributed by atoms with E-state index in [2.05, 4.69) is 18.2 Å². The number of allylic oxidation sites excluding steroid dienone is 1. The van der Waals surface area contributed by atoms with Crippen LogP contribution in [-0.4, -0.2) is 34.9 Å². The lowest BCUT2D eigenvalue weighted by Crippen LogP contribution is -2.33. The van der Waals surface area contributed by atoms with Crippen molar-refractivity contribution in [3.8, 4) is 0 Å². The molecule has 0 saturated carbocycles. The first-order valence-corrected chi connectivity index (χ1v) is 4.13. The van der Waals surface area contributed by atoms with Gasteiger partial charge in [-0.15, -0.1) is 0 Å². The summed E-state index contributed by atoms with van der Waals surface area (Å²) >= 11 is 0. The lowest BCUT2D eigenvalue weighted by atomic mass is 10.0. The number of aliphatic hydroxyl groups is 1. The molecule has 0 aromatic heterocycles. The van der Waals surface area contributed by atoms with Gasteiger partial charge < -0.3 is 5.11 Å². The Morgan fingerprint density at radius 3 is 2.40 bits per heavy atom. The average Bonchev–Trinajstić information content (AvgIpc) is 2.26. The van der Waals surface area contributed by atoms with Gasteiger partial charge in [-0.05, 0) is 12.2 Å². The summed E-state index contributed by atoms with van der Waals surface area (Å²) in [4.78, 5) is 35.2. The van der Waals surface area contributed by atoms with Crippen molar-refractivity contribution in [2.45, 2.75) is 18.6 Å². The minimum absolute atomic E-state index is 0.264. The monoisotopic (exact) mass is 209 g/mol. The van der Waals surface area contributed by atoms with Crippen LogP contribution in [0.4, 0.5) is 0 Å². The fraction of sp³-hybridized carbons (Fsp3) is 0.300. The highest BCUT2D eigenvalue weighted by Crippen LogP contribution is 2.07. The van der Waals surface area contributed by atoms with Gasteiger partial charge in [-0.3, -0.25) is 9.59 Å². The molecule has 15 heavy (non-hydrogen) atoms. The largest absolute Gasteiger partial charge is 0.383 e. The predicted molar refractivity (Wildman–Crippen MR) is 52.9 cm³/mol. The number of aliphatic hydroxyl groups excluding tert-OH is 1. The van der Waals surface area contributed by atoms with Gasteiger partial charge in [0, 0.05) is 6.42 Å². The van der Waals surface area contributed by atoms with Crippen molar-refractivity contribution < 1.29 is 19.5 Å². The molecule has 5 heteroatoms. The van der Waals surface area contributed by atoms with Crippen LogP contribution in [0, 0.1) is 0 Å². The fourth-order valence-corrected chi connectivity index (χ4v) is 0.895. The second-order valence-electron chi connectivity index (χ2n) is 2.71. The maximum Gasteiger partial charge on any atom is 0.235 e.